The summed E-state index contributed by atoms with van der Waals surface area (Å²) in [5.41, 5.74) is 14.7. The Kier molecular flexibility index (Phi) is 7.95. The number of hydrogen-bond acceptors (Lipinski definition) is 2. The molecule has 2 N–H and O–H groups in total. The number of fused-ring (bicyclic) bond motifs is 8. The van der Waals surface area contributed by atoms with Crippen molar-refractivity contribution in [3.8, 4) is 0 Å². The fourth-order valence-corrected chi connectivity index (χ4v) is 7.64. The summed E-state index contributed by atoms with van der Waals surface area (Å²) in [5.74, 6) is 0. The van der Waals surface area contributed by atoms with Crippen molar-refractivity contribution in [2.45, 2.75) is 81.1 Å². The Morgan fingerprint density at radius 2 is 0.800 bits per heavy atom. The maximum absolute atomic E-state index is 7.20. The van der Waals surface area contributed by atoms with E-state index in [-0.39, 0.29) is 0 Å². The van der Waals surface area contributed by atoms with Gasteiger partial charge in [0.15, 0.2) is 0 Å². The van der Waals surface area contributed by atoms with E-state index in [9.17, 15) is 0 Å². The molecule has 0 fully saturated rings. The summed E-state index contributed by atoms with van der Waals surface area (Å²) in [6.07, 6.45) is 3.09. The molecule has 0 radical (unpaired) electrons. The highest BCUT2D eigenvalue weighted by Gasteiger charge is 2.27. The monoisotopic (exact) mass is 614 g/mol. The third-order valence-corrected chi connectivity index (χ3v) is 9.99. The van der Waals surface area contributed by atoms with Crippen LogP contribution in [0.3, 0.4) is 0 Å². The van der Waals surface area contributed by atoms with Crippen LogP contribution in [0.25, 0.3) is 44.4 Å². The summed E-state index contributed by atoms with van der Waals surface area (Å²) in [5, 5.41) is 2.23. The summed E-state index contributed by atoms with van der Waals surface area (Å²) in [6, 6.07) is 0. The molecule has 0 amide bonds. The molecule has 8 heteroatoms. The fraction of sp³-hybridized carbons (Fsp3) is 0.375. The molecule has 3 aromatic heterocycles. The largest absolute Gasteiger partial charge is 0.353 e. The highest BCUT2D eigenvalue weighted by Crippen LogP contribution is 2.45. The van der Waals surface area contributed by atoms with Crippen LogP contribution >= 0.6 is 46.4 Å². The molecule has 40 heavy (non-hydrogen) atoms. The van der Waals surface area contributed by atoms with E-state index in [0.717, 1.165) is 115 Å². The number of nitrogens with one attached hydrogen (secondary N) is 2. The van der Waals surface area contributed by atoms with Gasteiger partial charge in [-0.3, -0.25) is 0 Å². The summed E-state index contributed by atoms with van der Waals surface area (Å²) in [6.45, 7) is 16.7. The molecule has 0 aliphatic carbocycles. The molecular formula is C32H34Cl4N4. The van der Waals surface area contributed by atoms with Crippen LogP contribution < -0.4 is 0 Å². The van der Waals surface area contributed by atoms with Crippen molar-refractivity contribution >= 4 is 90.8 Å². The van der Waals surface area contributed by atoms with Gasteiger partial charge in [0.05, 0.1) is 64.9 Å². The minimum absolute atomic E-state index is 0.559. The first-order chi connectivity index (χ1) is 19.0. The van der Waals surface area contributed by atoms with Gasteiger partial charge in [-0.1, -0.05) is 74.1 Å². The van der Waals surface area contributed by atoms with Gasteiger partial charge in [-0.15, -0.1) is 0 Å². The molecule has 0 atom stereocenters. The lowest BCUT2D eigenvalue weighted by molar-refractivity contribution is 1.14. The number of allylic oxidation sites excluding steroid dienone is 4. The molecule has 4 nitrogen and oxygen atoms in total. The molecule has 2 aliphatic rings. The van der Waals surface area contributed by atoms with Crippen LogP contribution in [0.5, 0.6) is 0 Å². The topological polar surface area (TPSA) is 57.4 Å². The highest BCUT2D eigenvalue weighted by atomic mass is 35.5. The van der Waals surface area contributed by atoms with Crippen molar-refractivity contribution in [1.29, 1.82) is 0 Å². The second-order valence-corrected chi connectivity index (χ2v) is 12.0. The second kappa shape index (κ2) is 10.9. The van der Waals surface area contributed by atoms with Gasteiger partial charge in [0, 0.05) is 0 Å². The number of aryl methyl sites for hydroxylation is 4. The normalized spacial score (nSPS) is 13.7. The third-order valence-electron chi connectivity index (χ3n) is 8.52. The van der Waals surface area contributed by atoms with Crippen molar-refractivity contribution in [2.75, 3.05) is 0 Å². The van der Waals surface area contributed by atoms with E-state index < -0.39 is 0 Å². The van der Waals surface area contributed by atoms with E-state index in [1.807, 2.05) is 0 Å². The lowest BCUT2D eigenvalue weighted by Crippen LogP contribution is -1.86. The van der Waals surface area contributed by atoms with Crippen LogP contribution in [0.15, 0.2) is 0 Å². The lowest BCUT2D eigenvalue weighted by atomic mass is 10.0. The molecule has 0 unspecified atom stereocenters. The predicted octanol–water partition coefficient (Wildman–Crippen LogP) is 11.4. The van der Waals surface area contributed by atoms with Gasteiger partial charge >= 0.3 is 0 Å². The van der Waals surface area contributed by atoms with E-state index in [4.69, 9.17) is 56.4 Å². The molecule has 5 heterocycles. The zero-order valence-electron chi connectivity index (χ0n) is 24.2. The first-order valence-corrected chi connectivity index (χ1v) is 15.4. The average molecular weight is 616 g/mol. The Balaban J connectivity index is 2.15. The van der Waals surface area contributed by atoms with Gasteiger partial charge in [0.2, 0.25) is 0 Å². The average Bonchev–Trinajstić information content (AvgIpc) is 3.66. The summed E-state index contributed by atoms with van der Waals surface area (Å²) in [4.78, 5) is 17.2. The zero-order chi connectivity index (χ0) is 29.2. The molecule has 0 spiro atoms. The van der Waals surface area contributed by atoms with Crippen LogP contribution in [0.4, 0.5) is 0 Å². The van der Waals surface area contributed by atoms with Crippen molar-refractivity contribution in [1.82, 2.24) is 19.9 Å². The molecule has 8 bridgehead atoms. The molecule has 5 rings (SSSR count). The Bertz CT molecular complexity index is 1690. The molecule has 3 aromatic rings. The quantitative estimate of drug-likeness (QED) is 0.306. The third kappa shape index (κ3) is 4.17. The predicted molar refractivity (Wildman–Crippen MR) is 175 cm³/mol. The second-order valence-electron chi connectivity index (χ2n) is 10.5. The van der Waals surface area contributed by atoms with Gasteiger partial charge in [-0.05, 0) is 97.9 Å². The van der Waals surface area contributed by atoms with Crippen molar-refractivity contribution in [2.24, 2.45) is 0 Å². The standard InChI is InChI=1S/C32H34Cl4N4/c1-9-17-13(5)25-22(34)30-19(11-3)15(7)27(39-30)24(36)32-20(12-4)16(8)28(40-32)23(35)31-18(10-2)14(6)26(38-31)21(33)29(17)37-25/h37,40H,9-12H2,1-8H3. The van der Waals surface area contributed by atoms with E-state index in [2.05, 4.69) is 65.4 Å². The number of rotatable bonds is 4. The van der Waals surface area contributed by atoms with Crippen molar-refractivity contribution in [3.63, 3.8) is 0 Å². The minimum atomic E-state index is 0.559. The molecule has 0 saturated carbocycles. The maximum atomic E-state index is 7.20. The number of H-pyrrole nitrogens is 2. The lowest BCUT2D eigenvalue weighted by Gasteiger charge is -2.03. The van der Waals surface area contributed by atoms with Gasteiger partial charge in [-0.25, -0.2) is 9.97 Å². The highest BCUT2D eigenvalue weighted by molar-refractivity contribution is 6.39. The SMILES string of the molecule is CCC1=C(C)c2nc1c(Cl)c1[nH]c(c(Cl)c3nc(c(Cl)c4[nH]c(c2Cl)c(CC)c4C)C(CC)=C3C)c(CC)c1C. The number of nitrogens with zero attached hydrogens (tertiary/aromatic N) is 2. The molecular weight excluding hydrogens is 582 g/mol. The minimum Gasteiger partial charge on any atom is -0.353 e. The Hall–Kier alpha value is -2.24. The first kappa shape index (κ1) is 29.3. The van der Waals surface area contributed by atoms with Gasteiger partial charge < -0.3 is 9.97 Å². The molecule has 2 aliphatic heterocycles. The van der Waals surface area contributed by atoms with E-state index in [1.54, 1.807) is 0 Å². The van der Waals surface area contributed by atoms with Crippen molar-refractivity contribution < 1.29 is 0 Å². The van der Waals surface area contributed by atoms with E-state index in [1.165, 1.54) is 0 Å². The Morgan fingerprint density at radius 1 is 0.475 bits per heavy atom. The summed E-state index contributed by atoms with van der Waals surface area (Å²) < 4.78 is 0. The van der Waals surface area contributed by atoms with Crippen LogP contribution in [0, 0.1) is 13.8 Å². The number of aromatic amines is 2. The number of halogens is 4. The van der Waals surface area contributed by atoms with Crippen LogP contribution in [0.2, 0.25) is 20.1 Å². The smallest absolute Gasteiger partial charge is 0.0903 e. The Morgan fingerprint density at radius 3 is 1.10 bits per heavy atom. The van der Waals surface area contributed by atoms with Gasteiger partial charge in [-0.2, -0.15) is 0 Å². The maximum Gasteiger partial charge on any atom is 0.0903 e. The van der Waals surface area contributed by atoms with Crippen molar-refractivity contribution in [3.05, 3.63) is 65.1 Å². The zero-order valence-corrected chi connectivity index (χ0v) is 27.3. The number of hydrogen-bond donors (Lipinski definition) is 2. The van der Waals surface area contributed by atoms with Crippen LogP contribution in [-0.4, -0.2) is 19.9 Å². The number of aromatic nitrogens is 4. The van der Waals surface area contributed by atoms with Crippen LogP contribution in [-0.2, 0) is 12.8 Å². The first-order valence-electron chi connectivity index (χ1n) is 13.9. The fourth-order valence-electron chi connectivity index (χ4n) is 6.26. The Labute approximate surface area is 255 Å². The van der Waals surface area contributed by atoms with E-state index in [0.29, 0.717) is 20.1 Å². The van der Waals surface area contributed by atoms with E-state index >= 15 is 0 Å². The molecule has 0 saturated heterocycles. The van der Waals surface area contributed by atoms with Gasteiger partial charge in [0.1, 0.15) is 0 Å². The molecule has 0 aromatic carbocycles. The summed E-state index contributed by atoms with van der Waals surface area (Å²) >= 11 is 28.8. The summed E-state index contributed by atoms with van der Waals surface area (Å²) in [7, 11) is 0. The van der Waals surface area contributed by atoms with Crippen LogP contribution in [0.1, 0.15) is 99.4 Å². The molecule has 210 valence electrons. The van der Waals surface area contributed by atoms with Gasteiger partial charge in [0.25, 0.3) is 0 Å².